The van der Waals surface area contributed by atoms with Crippen LogP contribution in [0.4, 0.5) is 4.79 Å². The van der Waals surface area contributed by atoms with E-state index in [2.05, 4.69) is 5.32 Å². The fourth-order valence-electron chi connectivity index (χ4n) is 9.82. The SMILES string of the molecule is CC[C@H]1OC(=O)[C@H](C)[C@@H](O[C@@H]2C[C@@H](C)[C@H](OC(=O)NCCCOCCCO)[C@](C)(O)C2)[C@H](C)[C@@H](O[C@@H]2O[C@H](C)C[C@H](N(C)C)[C@H]2O)[C@@](C)(OC)C[C@@H](C)C(=O)C[C@@H](OC)[C@]1(C)O. The molecule has 362 valence electrons. The lowest BCUT2D eigenvalue weighted by atomic mass is 9.74. The van der Waals surface area contributed by atoms with E-state index >= 15 is 0 Å². The Hall–Kier alpha value is -2.03. The van der Waals surface area contributed by atoms with Crippen LogP contribution in [-0.4, -0.2) is 176 Å². The highest BCUT2D eigenvalue weighted by Gasteiger charge is 2.53. The van der Waals surface area contributed by atoms with E-state index in [0.717, 1.165) is 0 Å². The lowest BCUT2D eigenvalue weighted by molar-refractivity contribution is -0.304. The second-order valence-electron chi connectivity index (χ2n) is 19.1. The highest BCUT2D eigenvalue weighted by molar-refractivity contribution is 5.81. The van der Waals surface area contributed by atoms with Crippen LogP contribution >= 0.6 is 0 Å². The first-order valence-electron chi connectivity index (χ1n) is 22.7. The number of hydrogen-bond acceptors (Lipinski definition) is 16. The molecule has 0 aromatic rings. The maximum Gasteiger partial charge on any atom is 0.407 e. The highest BCUT2D eigenvalue weighted by atomic mass is 16.7. The number of ether oxygens (including phenoxy) is 8. The molecule has 17 nitrogen and oxygen atoms in total. The van der Waals surface area contributed by atoms with Gasteiger partial charge in [-0.15, -0.1) is 0 Å². The Morgan fingerprint density at radius 1 is 0.952 bits per heavy atom. The molecule has 3 aliphatic rings. The third kappa shape index (κ3) is 14.0. The van der Waals surface area contributed by atoms with E-state index in [4.69, 9.17) is 43.0 Å². The number of aliphatic hydroxyl groups excluding tert-OH is 2. The number of likely N-dealkylation sites (N-methyl/N-ethyl adjacent to an activating group) is 1. The summed E-state index contributed by atoms with van der Waals surface area (Å²) < 4.78 is 49.6. The summed E-state index contributed by atoms with van der Waals surface area (Å²) in [7, 11) is 6.70. The summed E-state index contributed by atoms with van der Waals surface area (Å²) in [5, 5.41) is 47.1. The van der Waals surface area contributed by atoms with Gasteiger partial charge in [-0.2, -0.15) is 0 Å². The molecule has 0 spiro atoms. The minimum absolute atomic E-state index is 0.0447. The third-order valence-corrected chi connectivity index (χ3v) is 13.5. The number of nitrogens with zero attached hydrogens (tertiary/aromatic N) is 1. The van der Waals surface area contributed by atoms with E-state index in [0.29, 0.717) is 45.4 Å². The molecule has 0 aromatic carbocycles. The maximum atomic E-state index is 14.4. The Kier molecular flexibility index (Phi) is 21.0. The second kappa shape index (κ2) is 23.9. The van der Waals surface area contributed by atoms with E-state index in [9.17, 15) is 29.7 Å². The largest absolute Gasteiger partial charge is 0.459 e. The number of Topliss-reactive ketones (excluding diaryl/α,β-unsaturated/α-hetero) is 1. The first-order chi connectivity index (χ1) is 29.0. The Morgan fingerprint density at radius 2 is 1.61 bits per heavy atom. The van der Waals surface area contributed by atoms with Crippen LogP contribution in [0.15, 0.2) is 0 Å². The molecule has 2 heterocycles. The normalized spacial score (nSPS) is 41.6. The smallest absolute Gasteiger partial charge is 0.407 e. The van der Waals surface area contributed by atoms with Gasteiger partial charge < -0.3 is 68.5 Å². The molecule has 0 aromatic heterocycles. The molecular weight excluding hydrogens is 808 g/mol. The van der Waals surface area contributed by atoms with Gasteiger partial charge in [0.05, 0.1) is 42.0 Å². The number of methoxy groups -OCH3 is 2. The van der Waals surface area contributed by atoms with E-state index in [1.165, 1.54) is 21.1 Å². The monoisotopic (exact) mass is 891 g/mol. The zero-order valence-corrected chi connectivity index (χ0v) is 39.8. The topological polar surface area (TPSA) is 221 Å². The van der Waals surface area contributed by atoms with E-state index in [1.807, 2.05) is 46.7 Å². The summed E-state index contributed by atoms with van der Waals surface area (Å²) in [5.41, 5.74) is -4.51. The van der Waals surface area contributed by atoms with Gasteiger partial charge in [0.1, 0.15) is 35.3 Å². The van der Waals surface area contributed by atoms with Crippen molar-refractivity contribution in [2.24, 2.45) is 23.7 Å². The van der Waals surface area contributed by atoms with Crippen LogP contribution in [0.1, 0.15) is 114 Å². The van der Waals surface area contributed by atoms with Gasteiger partial charge in [-0.25, -0.2) is 4.79 Å². The third-order valence-electron chi connectivity index (χ3n) is 13.5. The van der Waals surface area contributed by atoms with Gasteiger partial charge in [-0.1, -0.05) is 27.7 Å². The predicted molar refractivity (Wildman–Crippen MR) is 229 cm³/mol. The molecule has 1 saturated carbocycles. The fourth-order valence-corrected chi connectivity index (χ4v) is 9.82. The molecule has 17 heteroatoms. The lowest BCUT2D eigenvalue weighted by Gasteiger charge is -2.49. The van der Waals surface area contributed by atoms with E-state index in [1.54, 1.807) is 27.7 Å². The summed E-state index contributed by atoms with van der Waals surface area (Å²) >= 11 is 0. The quantitative estimate of drug-likeness (QED) is 0.111. The van der Waals surface area contributed by atoms with Gasteiger partial charge in [0.15, 0.2) is 6.29 Å². The van der Waals surface area contributed by atoms with Crippen LogP contribution in [0.25, 0.3) is 0 Å². The van der Waals surface area contributed by atoms with Crippen LogP contribution in [-0.2, 0) is 47.5 Å². The van der Waals surface area contributed by atoms with Gasteiger partial charge in [0.2, 0.25) is 0 Å². The molecule has 3 fully saturated rings. The van der Waals surface area contributed by atoms with Crippen LogP contribution in [0, 0.1) is 23.7 Å². The van der Waals surface area contributed by atoms with Crippen LogP contribution in [0.5, 0.6) is 0 Å². The molecule has 17 atom stereocenters. The minimum Gasteiger partial charge on any atom is -0.459 e. The molecular formula is C45H82N2O15. The van der Waals surface area contributed by atoms with Crippen molar-refractivity contribution in [2.75, 3.05) is 54.7 Å². The van der Waals surface area contributed by atoms with Crippen molar-refractivity contribution in [1.82, 2.24) is 10.2 Å². The average molecular weight is 891 g/mol. The number of hydrogen-bond donors (Lipinski definition) is 5. The molecule has 62 heavy (non-hydrogen) atoms. The Labute approximate surface area is 370 Å². The van der Waals surface area contributed by atoms with Gasteiger partial charge >= 0.3 is 12.1 Å². The van der Waals surface area contributed by atoms with Gasteiger partial charge in [-0.05, 0) is 93.2 Å². The Morgan fingerprint density at radius 3 is 2.19 bits per heavy atom. The van der Waals surface area contributed by atoms with Crippen molar-refractivity contribution in [3.8, 4) is 0 Å². The molecule has 2 saturated heterocycles. The van der Waals surface area contributed by atoms with E-state index in [-0.39, 0.29) is 56.1 Å². The standard InChI is InChI=1S/C45H82N2O15/c1-14-34-45(9,54)35(55-12)23-33(49)27(3)24-44(8,56-13)39(61-41-36(50)32(47(10)11)22-28(4)58-41)29(5)37(30(6)40(51)60-34)59-31-21-26(2)38(43(7,53)25-31)62-42(52)46-17-15-19-57-20-16-18-48/h26-32,34-39,41,48,50,53-54H,14-25H2,1-13H3,(H,46,52)/t26-,27-,28-,29+,30-,31-,32+,34-,35-,36-,37+,38+,39-,41+,43-,44+,45-/m1/s1. The zero-order valence-electron chi connectivity index (χ0n) is 39.8. The fraction of sp³-hybridized carbons (Fsp3) is 0.933. The molecule has 0 unspecified atom stereocenters. The van der Waals surface area contributed by atoms with Crippen LogP contribution < -0.4 is 5.32 Å². The van der Waals surface area contributed by atoms with Crippen molar-refractivity contribution >= 4 is 17.8 Å². The summed E-state index contributed by atoms with van der Waals surface area (Å²) in [6, 6.07) is -0.294. The van der Waals surface area contributed by atoms with Crippen molar-refractivity contribution in [3.05, 3.63) is 0 Å². The van der Waals surface area contributed by atoms with Crippen LogP contribution in [0.3, 0.4) is 0 Å². The lowest BCUT2D eigenvalue weighted by Crippen LogP contribution is -2.61. The first kappa shape index (κ1) is 54.3. The van der Waals surface area contributed by atoms with Crippen molar-refractivity contribution in [3.63, 3.8) is 0 Å². The first-order valence-corrected chi connectivity index (χ1v) is 22.7. The number of aliphatic hydroxyl groups is 4. The van der Waals surface area contributed by atoms with Crippen molar-refractivity contribution in [2.45, 2.75) is 192 Å². The number of rotatable bonds is 16. The number of nitrogens with one attached hydrogen (secondary N) is 1. The molecule has 3 rings (SSSR count). The number of esters is 1. The second-order valence-corrected chi connectivity index (χ2v) is 19.1. The number of amides is 1. The number of alkyl carbamates (subject to hydrolysis) is 1. The molecule has 1 amide bonds. The van der Waals surface area contributed by atoms with Gasteiger partial charge in [0.25, 0.3) is 0 Å². The Bertz CT molecular complexity index is 1400. The number of carbonyl (C=O) groups excluding carboxylic acids is 3. The van der Waals surface area contributed by atoms with Crippen molar-refractivity contribution < 1.29 is 72.7 Å². The predicted octanol–water partition coefficient (Wildman–Crippen LogP) is 3.38. The number of carbonyl (C=O) groups is 3. The average Bonchev–Trinajstić information content (AvgIpc) is 3.20. The molecule has 0 radical (unpaired) electrons. The van der Waals surface area contributed by atoms with Gasteiger partial charge in [-0.3, -0.25) is 9.59 Å². The van der Waals surface area contributed by atoms with Crippen LogP contribution in [0.2, 0.25) is 0 Å². The summed E-state index contributed by atoms with van der Waals surface area (Å²) in [5.74, 6) is -3.55. The zero-order chi connectivity index (χ0) is 46.7. The number of ketones is 1. The molecule has 2 aliphatic heterocycles. The maximum absolute atomic E-state index is 14.4. The minimum atomic E-state index is -1.74. The highest BCUT2D eigenvalue weighted by Crippen LogP contribution is 2.42. The van der Waals surface area contributed by atoms with Gasteiger partial charge in [0, 0.05) is 71.3 Å². The molecule has 0 bridgehead atoms. The summed E-state index contributed by atoms with van der Waals surface area (Å²) in [4.78, 5) is 43.3. The van der Waals surface area contributed by atoms with Crippen molar-refractivity contribution in [1.29, 1.82) is 0 Å². The number of cyclic esters (lactones) is 1. The molecule has 5 N–H and O–H groups in total. The molecule has 1 aliphatic carbocycles. The van der Waals surface area contributed by atoms with E-state index < -0.39 is 95.6 Å². The Balaban J connectivity index is 2.05. The summed E-state index contributed by atoms with van der Waals surface area (Å²) in [6.07, 6.45) is -6.37. The summed E-state index contributed by atoms with van der Waals surface area (Å²) in [6.45, 7) is 17.0.